The van der Waals surface area contributed by atoms with Crippen LogP contribution in [0.2, 0.25) is 0 Å². The van der Waals surface area contributed by atoms with Crippen LogP contribution in [0.25, 0.3) is 0 Å². The minimum atomic E-state index is -1.81. The normalized spacial score (nSPS) is 51.5. The first kappa shape index (κ1) is 27.0. The van der Waals surface area contributed by atoms with Crippen molar-refractivity contribution in [1.82, 2.24) is 0 Å². The number of hydrogen-bond donors (Lipinski definition) is 10. The Morgan fingerprint density at radius 2 is 1.00 bits per heavy atom. The fourth-order valence-electron chi connectivity index (χ4n) is 3.83. The van der Waals surface area contributed by atoms with Crippen LogP contribution in [0.5, 0.6) is 0 Å². The Balaban J connectivity index is 1.77. The van der Waals surface area contributed by atoms with Crippen molar-refractivity contribution in [1.29, 1.82) is 0 Å². The molecule has 3 saturated heterocycles. The van der Waals surface area contributed by atoms with Crippen LogP contribution in [-0.2, 0) is 23.7 Å². The summed E-state index contributed by atoms with van der Waals surface area (Å²) in [5.41, 5.74) is 0. The molecule has 0 amide bonds. The first-order valence-electron chi connectivity index (χ1n) is 10.3. The van der Waals surface area contributed by atoms with Gasteiger partial charge < -0.3 is 74.7 Å². The summed E-state index contributed by atoms with van der Waals surface area (Å²) in [4.78, 5) is 0. The Labute approximate surface area is 187 Å². The topological polar surface area (TPSA) is 248 Å². The third-order valence-electron chi connectivity index (χ3n) is 5.89. The number of ether oxygens (including phenoxy) is 5. The van der Waals surface area contributed by atoms with Crippen LogP contribution in [0.3, 0.4) is 0 Å². The molecule has 33 heavy (non-hydrogen) atoms. The Morgan fingerprint density at radius 3 is 1.45 bits per heavy atom. The molecule has 3 aliphatic rings. The molecule has 0 bridgehead atoms. The van der Waals surface area contributed by atoms with E-state index in [1.54, 1.807) is 0 Å². The fraction of sp³-hybridized carbons (Fsp3) is 0.944. The summed E-state index contributed by atoms with van der Waals surface area (Å²) in [5, 5.41) is 98.9. The molecule has 3 aliphatic heterocycles. The summed E-state index contributed by atoms with van der Waals surface area (Å²) in [6.07, 6.45) is -22.0. The van der Waals surface area contributed by atoms with Gasteiger partial charge in [-0.2, -0.15) is 0 Å². The molecule has 3 fully saturated rings. The van der Waals surface area contributed by atoms with E-state index in [2.05, 4.69) is 0 Å². The minimum absolute atomic E-state index is 0.654. The molecule has 10 N–H and O–H groups in total. The first-order valence-corrected chi connectivity index (χ1v) is 10.3. The van der Waals surface area contributed by atoms with Gasteiger partial charge in [0.15, 0.2) is 12.6 Å². The zero-order valence-corrected chi connectivity index (χ0v) is 17.3. The van der Waals surface area contributed by atoms with E-state index >= 15 is 0 Å². The molecule has 15 heteroatoms. The lowest BCUT2D eigenvalue weighted by molar-refractivity contribution is -0.356. The lowest BCUT2D eigenvalue weighted by Crippen LogP contribution is -2.64. The largest absolute Gasteiger partial charge is 0.394 e. The maximum absolute atomic E-state index is 10.6. The summed E-state index contributed by atoms with van der Waals surface area (Å²) in [6, 6.07) is 0. The second-order valence-electron chi connectivity index (χ2n) is 8.08. The lowest BCUT2D eigenvalue weighted by Gasteiger charge is -2.46. The molecular weight excluding hydrogens is 456 g/mol. The predicted octanol–water partition coefficient (Wildman–Crippen LogP) is -6.73. The highest BCUT2D eigenvalue weighted by atomic mass is 16.7. The van der Waals surface area contributed by atoms with Gasteiger partial charge in [-0.05, 0) is 0 Å². The van der Waals surface area contributed by atoms with Crippen molar-refractivity contribution < 1.29 is 74.7 Å². The van der Waals surface area contributed by atoms with Gasteiger partial charge in [-0.3, -0.25) is 0 Å². The fourth-order valence-corrected chi connectivity index (χ4v) is 3.83. The van der Waals surface area contributed by atoms with Gasteiger partial charge in [-0.1, -0.05) is 0 Å². The molecule has 0 unspecified atom stereocenters. The summed E-state index contributed by atoms with van der Waals surface area (Å²) in [7, 11) is 0. The zero-order chi connectivity index (χ0) is 24.4. The van der Waals surface area contributed by atoms with Gasteiger partial charge in [-0.25, -0.2) is 0 Å². The molecule has 0 spiro atoms. The molecule has 0 aromatic heterocycles. The minimum Gasteiger partial charge on any atom is -0.394 e. The summed E-state index contributed by atoms with van der Waals surface area (Å²) < 4.78 is 26.9. The van der Waals surface area contributed by atoms with E-state index in [4.69, 9.17) is 23.7 Å². The van der Waals surface area contributed by atoms with Gasteiger partial charge in [0.25, 0.3) is 0 Å². The average molecular weight is 487 g/mol. The monoisotopic (exact) mass is 487 g/mol. The third kappa shape index (κ3) is 5.48. The third-order valence-corrected chi connectivity index (χ3v) is 5.89. The van der Waals surface area contributed by atoms with Gasteiger partial charge in [0.2, 0.25) is 0 Å². The standard InChI is InChI=1S/C18H31O15/c19-1-5-11(24)16(33-18-15(28)13(26)10(23)7(3-21)31-18)8(4-29-5)32-17-14(27)12(25)9(22)6(2-20)30-17/h4-28H,1-3H2/t5-,6+,7+,8-,9+,10+,11-,12-,13-,14+,15+,16+,17+,18-/m0/s1. The van der Waals surface area contributed by atoms with Crippen LogP contribution in [-0.4, -0.2) is 157 Å². The Morgan fingerprint density at radius 1 is 0.545 bits per heavy atom. The van der Waals surface area contributed by atoms with Crippen LogP contribution in [0.4, 0.5) is 0 Å². The van der Waals surface area contributed by atoms with E-state index in [0.717, 1.165) is 6.61 Å². The van der Waals surface area contributed by atoms with E-state index in [1.807, 2.05) is 0 Å². The van der Waals surface area contributed by atoms with Gasteiger partial charge in [0.05, 0.1) is 19.8 Å². The van der Waals surface area contributed by atoms with Gasteiger partial charge in [0.1, 0.15) is 79.9 Å². The van der Waals surface area contributed by atoms with Crippen molar-refractivity contribution in [2.45, 2.75) is 85.8 Å². The van der Waals surface area contributed by atoms with Crippen LogP contribution in [0, 0.1) is 6.61 Å². The molecule has 3 rings (SSSR count). The van der Waals surface area contributed by atoms with Crippen molar-refractivity contribution >= 4 is 0 Å². The van der Waals surface area contributed by atoms with Crippen LogP contribution in [0.15, 0.2) is 0 Å². The number of aliphatic hydroxyl groups is 10. The molecule has 0 saturated carbocycles. The van der Waals surface area contributed by atoms with Crippen molar-refractivity contribution in [2.75, 3.05) is 19.8 Å². The molecular formula is C18H31O15. The Kier molecular flexibility index (Phi) is 9.35. The molecule has 0 aromatic rings. The second-order valence-corrected chi connectivity index (χ2v) is 8.08. The Bertz CT molecular complexity index is 607. The lowest BCUT2D eigenvalue weighted by atomic mass is 9.97. The maximum Gasteiger partial charge on any atom is 0.187 e. The van der Waals surface area contributed by atoms with Crippen LogP contribution >= 0.6 is 0 Å². The summed E-state index contributed by atoms with van der Waals surface area (Å²) >= 11 is 0. The predicted molar refractivity (Wildman–Crippen MR) is 99.5 cm³/mol. The van der Waals surface area contributed by atoms with Gasteiger partial charge >= 0.3 is 0 Å². The van der Waals surface area contributed by atoms with E-state index < -0.39 is 106 Å². The second kappa shape index (κ2) is 11.4. The Hall–Kier alpha value is -0.600. The van der Waals surface area contributed by atoms with E-state index in [0.29, 0.717) is 0 Å². The van der Waals surface area contributed by atoms with Crippen molar-refractivity contribution in [2.24, 2.45) is 0 Å². The van der Waals surface area contributed by atoms with Crippen molar-refractivity contribution in [3.8, 4) is 0 Å². The van der Waals surface area contributed by atoms with E-state index in [1.165, 1.54) is 0 Å². The smallest absolute Gasteiger partial charge is 0.187 e. The maximum atomic E-state index is 10.6. The highest BCUT2D eigenvalue weighted by Crippen LogP contribution is 2.32. The number of aliphatic hydroxyl groups excluding tert-OH is 10. The summed E-state index contributed by atoms with van der Waals surface area (Å²) in [5.74, 6) is 0. The molecule has 0 aliphatic carbocycles. The number of rotatable bonds is 7. The van der Waals surface area contributed by atoms with Crippen molar-refractivity contribution in [3.05, 3.63) is 6.61 Å². The SMILES string of the molecule is OC[C@@H]1O[CH][C@H](O[C@H]2O[C@H](CO)[C@@H](O)[C@H](O)[C@H]2O)[C@@H](O[C@@H]2O[C@H](CO)[C@@H](O)[C@H](O)[C@H]2O)[C@H]1O. The highest BCUT2D eigenvalue weighted by molar-refractivity contribution is 4.98. The molecule has 15 nitrogen and oxygen atoms in total. The van der Waals surface area contributed by atoms with Crippen LogP contribution in [0.1, 0.15) is 0 Å². The molecule has 3 heterocycles. The molecule has 193 valence electrons. The van der Waals surface area contributed by atoms with Crippen molar-refractivity contribution in [3.63, 3.8) is 0 Å². The molecule has 14 atom stereocenters. The van der Waals surface area contributed by atoms with Crippen LogP contribution < -0.4 is 0 Å². The van der Waals surface area contributed by atoms with Gasteiger partial charge in [-0.15, -0.1) is 0 Å². The van der Waals surface area contributed by atoms with E-state index in [9.17, 15) is 51.1 Å². The highest BCUT2D eigenvalue weighted by Gasteiger charge is 2.51. The molecule has 0 aromatic carbocycles. The zero-order valence-electron chi connectivity index (χ0n) is 17.3. The number of hydrogen-bond acceptors (Lipinski definition) is 15. The molecule has 1 radical (unpaired) electrons. The quantitative estimate of drug-likeness (QED) is 0.160. The first-order chi connectivity index (χ1) is 15.6. The van der Waals surface area contributed by atoms with Gasteiger partial charge in [0, 0.05) is 0 Å². The van der Waals surface area contributed by atoms with E-state index in [-0.39, 0.29) is 0 Å². The summed E-state index contributed by atoms with van der Waals surface area (Å²) in [6.45, 7) is -1.10. The average Bonchev–Trinajstić information content (AvgIpc) is 2.81.